The predicted octanol–water partition coefficient (Wildman–Crippen LogP) is 2.12. The molecule has 20 heavy (non-hydrogen) atoms. The van der Waals surface area contributed by atoms with Crippen LogP contribution in [0.5, 0.6) is 0 Å². The van der Waals surface area contributed by atoms with E-state index in [0.29, 0.717) is 13.2 Å². The topological polar surface area (TPSA) is 46.6 Å². The number of likely N-dealkylation sites (tertiary alicyclic amines) is 1. The third-order valence-corrected chi connectivity index (χ3v) is 3.85. The van der Waals surface area contributed by atoms with Gasteiger partial charge < -0.3 is 9.64 Å². The summed E-state index contributed by atoms with van der Waals surface area (Å²) in [4.78, 5) is 25.3. The zero-order chi connectivity index (χ0) is 14.7. The summed E-state index contributed by atoms with van der Waals surface area (Å²) in [5.41, 5.74) is 2.36. The number of rotatable bonds is 4. The first-order valence-electron chi connectivity index (χ1n) is 7.04. The molecule has 0 bridgehead atoms. The van der Waals surface area contributed by atoms with Gasteiger partial charge in [0.1, 0.15) is 6.54 Å². The smallest absolute Gasteiger partial charge is 0.325 e. The van der Waals surface area contributed by atoms with Crippen molar-refractivity contribution in [3.05, 3.63) is 35.4 Å². The lowest BCUT2D eigenvalue weighted by Gasteiger charge is -2.15. The largest absolute Gasteiger partial charge is 0.465 e. The van der Waals surface area contributed by atoms with Crippen molar-refractivity contribution >= 4 is 11.9 Å². The van der Waals surface area contributed by atoms with Crippen LogP contribution in [0.25, 0.3) is 0 Å². The zero-order valence-electron chi connectivity index (χ0n) is 12.3. The van der Waals surface area contributed by atoms with E-state index >= 15 is 0 Å². The van der Waals surface area contributed by atoms with Crippen molar-refractivity contribution in [1.82, 2.24) is 4.90 Å². The monoisotopic (exact) mass is 275 g/mol. The fourth-order valence-corrected chi connectivity index (χ4v) is 2.66. The van der Waals surface area contributed by atoms with Gasteiger partial charge in [0, 0.05) is 18.4 Å². The maximum Gasteiger partial charge on any atom is 0.325 e. The molecule has 2 atom stereocenters. The molecule has 2 rings (SSSR count). The normalized spacial score (nSPS) is 22.1. The summed E-state index contributed by atoms with van der Waals surface area (Å²) in [5.74, 6) is -0.245. The quantitative estimate of drug-likeness (QED) is 0.791. The second-order valence-electron chi connectivity index (χ2n) is 5.33. The molecule has 1 amide bonds. The summed E-state index contributed by atoms with van der Waals surface area (Å²) in [6.07, 6.45) is 0. The van der Waals surface area contributed by atoms with Gasteiger partial charge in [-0.3, -0.25) is 9.59 Å². The number of benzene rings is 1. The molecule has 1 saturated heterocycles. The third-order valence-electron chi connectivity index (χ3n) is 3.85. The average molecular weight is 275 g/mol. The minimum Gasteiger partial charge on any atom is -0.465 e. The van der Waals surface area contributed by atoms with Crippen LogP contribution in [0.2, 0.25) is 0 Å². The van der Waals surface area contributed by atoms with Crippen molar-refractivity contribution in [3.8, 4) is 0 Å². The number of hydrogen-bond donors (Lipinski definition) is 0. The molecule has 1 aliphatic heterocycles. The van der Waals surface area contributed by atoms with Crippen LogP contribution in [-0.2, 0) is 14.3 Å². The second kappa shape index (κ2) is 6.07. The van der Waals surface area contributed by atoms with Gasteiger partial charge >= 0.3 is 5.97 Å². The highest BCUT2D eigenvalue weighted by Crippen LogP contribution is 2.33. The standard InChI is InChI=1S/C16H21NO3/c1-4-20-15(18)10-17-9-14(12(3)16(17)19)13-7-5-11(2)6-8-13/h5-8,12,14H,4,9-10H2,1-3H3/t12-,14+/m0/s1. The number of carbonyl (C=O) groups excluding carboxylic acids is 2. The van der Waals surface area contributed by atoms with E-state index < -0.39 is 0 Å². The summed E-state index contributed by atoms with van der Waals surface area (Å²) in [7, 11) is 0. The van der Waals surface area contributed by atoms with Gasteiger partial charge in [-0.2, -0.15) is 0 Å². The number of hydrogen-bond acceptors (Lipinski definition) is 3. The van der Waals surface area contributed by atoms with Crippen molar-refractivity contribution in [2.24, 2.45) is 5.92 Å². The van der Waals surface area contributed by atoms with Crippen LogP contribution >= 0.6 is 0 Å². The molecule has 0 unspecified atom stereocenters. The van der Waals surface area contributed by atoms with Gasteiger partial charge in [-0.1, -0.05) is 36.8 Å². The Morgan fingerprint density at radius 1 is 1.35 bits per heavy atom. The molecule has 1 aliphatic rings. The van der Waals surface area contributed by atoms with Gasteiger partial charge in [-0.15, -0.1) is 0 Å². The summed E-state index contributed by atoms with van der Waals surface area (Å²) in [6.45, 7) is 6.72. The molecule has 1 heterocycles. The summed E-state index contributed by atoms with van der Waals surface area (Å²) < 4.78 is 4.91. The molecule has 108 valence electrons. The molecule has 1 aromatic carbocycles. The first-order chi connectivity index (χ1) is 9.52. The Bertz CT molecular complexity index is 495. The number of carbonyl (C=O) groups is 2. The van der Waals surface area contributed by atoms with Crippen molar-refractivity contribution in [3.63, 3.8) is 0 Å². The molecule has 0 spiro atoms. The Morgan fingerprint density at radius 3 is 2.60 bits per heavy atom. The molecule has 1 aromatic rings. The highest BCUT2D eigenvalue weighted by Gasteiger charge is 2.38. The first kappa shape index (κ1) is 14.6. The molecule has 0 aromatic heterocycles. The Morgan fingerprint density at radius 2 is 2.00 bits per heavy atom. The number of ether oxygens (including phenoxy) is 1. The number of esters is 1. The van der Waals surface area contributed by atoms with E-state index in [1.807, 2.05) is 13.8 Å². The summed E-state index contributed by atoms with van der Waals surface area (Å²) >= 11 is 0. The van der Waals surface area contributed by atoms with Crippen molar-refractivity contribution in [2.75, 3.05) is 19.7 Å². The van der Waals surface area contributed by atoms with E-state index in [2.05, 4.69) is 24.3 Å². The van der Waals surface area contributed by atoms with Crippen LogP contribution in [0.4, 0.5) is 0 Å². The molecule has 0 radical (unpaired) electrons. The first-order valence-corrected chi connectivity index (χ1v) is 7.04. The molecule has 0 saturated carbocycles. The van der Waals surface area contributed by atoms with Crippen LogP contribution in [0, 0.1) is 12.8 Å². The van der Waals surface area contributed by atoms with Crippen molar-refractivity contribution < 1.29 is 14.3 Å². The molecular formula is C16H21NO3. The summed E-state index contributed by atoms with van der Waals surface area (Å²) in [6, 6.07) is 8.25. The summed E-state index contributed by atoms with van der Waals surface area (Å²) in [5, 5.41) is 0. The molecule has 4 heteroatoms. The lowest BCUT2D eigenvalue weighted by atomic mass is 9.90. The SMILES string of the molecule is CCOC(=O)CN1C[C@@H](c2ccc(C)cc2)[C@H](C)C1=O. The van der Waals surface area contributed by atoms with Gasteiger partial charge in [-0.25, -0.2) is 0 Å². The highest BCUT2D eigenvalue weighted by molar-refractivity contribution is 5.86. The molecule has 4 nitrogen and oxygen atoms in total. The molecule has 0 N–H and O–H groups in total. The van der Waals surface area contributed by atoms with Crippen LogP contribution < -0.4 is 0 Å². The lowest BCUT2D eigenvalue weighted by molar-refractivity contribution is -0.148. The van der Waals surface area contributed by atoms with Crippen LogP contribution in [0.15, 0.2) is 24.3 Å². The second-order valence-corrected chi connectivity index (χ2v) is 5.33. The minimum absolute atomic E-state index is 0.0311. The Labute approximate surface area is 119 Å². The van der Waals surface area contributed by atoms with E-state index in [-0.39, 0.29) is 30.3 Å². The van der Waals surface area contributed by atoms with Gasteiger partial charge in [0.25, 0.3) is 0 Å². The average Bonchev–Trinajstić information content (AvgIpc) is 2.68. The van der Waals surface area contributed by atoms with Crippen LogP contribution in [-0.4, -0.2) is 36.5 Å². The van der Waals surface area contributed by atoms with Crippen LogP contribution in [0.3, 0.4) is 0 Å². The zero-order valence-corrected chi connectivity index (χ0v) is 12.3. The van der Waals surface area contributed by atoms with E-state index in [1.54, 1.807) is 11.8 Å². The van der Waals surface area contributed by atoms with Crippen LogP contribution in [0.1, 0.15) is 30.9 Å². The van der Waals surface area contributed by atoms with E-state index in [9.17, 15) is 9.59 Å². The molecule has 0 aliphatic carbocycles. The lowest BCUT2D eigenvalue weighted by Crippen LogP contribution is -2.33. The van der Waals surface area contributed by atoms with Crippen molar-refractivity contribution in [1.29, 1.82) is 0 Å². The number of aryl methyl sites for hydroxylation is 1. The van der Waals surface area contributed by atoms with Gasteiger partial charge in [0.15, 0.2) is 0 Å². The fourth-order valence-electron chi connectivity index (χ4n) is 2.66. The number of amides is 1. The van der Waals surface area contributed by atoms with Crippen molar-refractivity contribution in [2.45, 2.75) is 26.7 Å². The number of nitrogens with zero attached hydrogens (tertiary/aromatic N) is 1. The maximum atomic E-state index is 12.2. The minimum atomic E-state index is -0.336. The Balaban J connectivity index is 2.08. The third kappa shape index (κ3) is 3.00. The van der Waals surface area contributed by atoms with Gasteiger partial charge in [0.05, 0.1) is 6.61 Å². The fraction of sp³-hybridized carbons (Fsp3) is 0.500. The van der Waals surface area contributed by atoms with Gasteiger partial charge in [0.2, 0.25) is 5.91 Å². The Kier molecular flexibility index (Phi) is 4.42. The maximum absolute atomic E-state index is 12.2. The van der Waals surface area contributed by atoms with Gasteiger partial charge in [-0.05, 0) is 19.4 Å². The molecular weight excluding hydrogens is 254 g/mol. The highest BCUT2D eigenvalue weighted by atomic mass is 16.5. The predicted molar refractivity (Wildman–Crippen MR) is 76.3 cm³/mol. The van der Waals surface area contributed by atoms with E-state index in [0.717, 1.165) is 5.56 Å². The molecule has 1 fully saturated rings. The van der Waals surface area contributed by atoms with E-state index in [4.69, 9.17) is 4.74 Å². The van der Waals surface area contributed by atoms with E-state index in [1.165, 1.54) is 5.56 Å². The Hall–Kier alpha value is -1.84.